The number of carboxylic acids is 1. The van der Waals surface area contributed by atoms with E-state index < -0.39 is 5.97 Å². The lowest BCUT2D eigenvalue weighted by atomic mass is 9.32. The molecule has 6 rings (SSSR count). The third-order valence-corrected chi connectivity index (χ3v) is 16.6. The van der Waals surface area contributed by atoms with E-state index in [0.29, 0.717) is 45.7 Å². The van der Waals surface area contributed by atoms with Crippen LogP contribution in [0.5, 0.6) is 0 Å². The van der Waals surface area contributed by atoms with Gasteiger partial charge in [-0.3, -0.25) is 4.90 Å². The lowest BCUT2D eigenvalue weighted by Crippen LogP contribution is -2.66. The summed E-state index contributed by atoms with van der Waals surface area (Å²) in [4.78, 5) is 14.2. The van der Waals surface area contributed by atoms with Crippen molar-refractivity contribution < 1.29 is 9.90 Å². The van der Waals surface area contributed by atoms with E-state index in [2.05, 4.69) is 92.1 Å². The van der Waals surface area contributed by atoms with Crippen molar-refractivity contribution in [1.82, 2.24) is 10.2 Å². The molecule has 1 aromatic rings. The first-order valence-corrected chi connectivity index (χ1v) is 20.1. The van der Waals surface area contributed by atoms with E-state index in [9.17, 15) is 9.90 Å². The highest BCUT2D eigenvalue weighted by molar-refractivity contribution is 5.88. The molecule has 5 aliphatic carbocycles. The summed E-state index contributed by atoms with van der Waals surface area (Å²) in [5, 5.41) is 13.6. The summed E-state index contributed by atoms with van der Waals surface area (Å²) in [5.74, 6) is 2.67. The van der Waals surface area contributed by atoms with Gasteiger partial charge in [-0.2, -0.15) is 0 Å². The molecule has 49 heavy (non-hydrogen) atoms. The number of nitrogens with zero attached hydrogens (tertiary/aromatic N) is 1. The van der Waals surface area contributed by atoms with Crippen LogP contribution in [0.25, 0.3) is 5.57 Å². The monoisotopic (exact) mass is 671 g/mol. The van der Waals surface area contributed by atoms with Crippen LogP contribution >= 0.6 is 0 Å². The van der Waals surface area contributed by atoms with E-state index in [0.717, 1.165) is 37.3 Å². The Morgan fingerprint density at radius 1 is 0.898 bits per heavy atom. The zero-order valence-electron chi connectivity index (χ0n) is 32.9. The second kappa shape index (κ2) is 12.9. The second-order valence-electron chi connectivity index (χ2n) is 19.6. The van der Waals surface area contributed by atoms with E-state index in [1.165, 1.54) is 74.6 Å². The van der Waals surface area contributed by atoms with Gasteiger partial charge in [0.05, 0.1) is 5.56 Å². The Balaban J connectivity index is 1.27. The minimum Gasteiger partial charge on any atom is -0.478 e. The van der Waals surface area contributed by atoms with Crippen molar-refractivity contribution in [2.24, 2.45) is 56.7 Å². The molecule has 0 radical (unpaired) electrons. The summed E-state index contributed by atoms with van der Waals surface area (Å²) in [6.07, 6.45) is 14.5. The molecule has 4 fully saturated rings. The first-order valence-electron chi connectivity index (χ1n) is 20.1. The minimum absolute atomic E-state index is 0.0431. The number of carbonyl (C=O) groups is 1. The van der Waals surface area contributed by atoms with Gasteiger partial charge in [0, 0.05) is 31.7 Å². The number of benzene rings is 1. The van der Waals surface area contributed by atoms with Crippen molar-refractivity contribution in [3.63, 3.8) is 0 Å². The molecule has 4 saturated carbocycles. The molecule has 4 heteroatoms. The van der Waals surface area contributed by atoms with Crippen LogP contribution in [-0.2, 0) is 0 Å². The van der Waals surface area contributed by atoms with Crippen LogP contribution in [0.3, 0.4) is 0 Å². The Morgan fingerprint density at radius 2 is 1.57 bits per heavy atom. The third kappa shape index (κ3) is 5.73. The summed E-state index contributed by atoms with van der Waals surface area (Å²) in [6.45, 7) is 32.9. The molecular formula is C45H70N2O2. The quantitative estimate of drug-likeness (QED) is 0.192. The number of hydrogen-bond donors (Lipinski definition) is 2. The fraction of sp³-hybridized carbons (Fsp3) is 0.756. The first kappa shape index (κ1) is 36.9. The second-order valence-corrected chi connectivity index (χ2v) is 19.6. The molecule has 9 atom stereocenters. The predicted octanol–water partition coefficient (Wildman–Crippen LogP) is 10.7. The Kier molecular flexibility index (Phi) is 9.74. The average molecular weight is 671 g/mol. The summed E-state index contributed by atoms with van der Waals surface area (Å²) < 4.78 is 0. The highest BCUT2D eigenvalue weighted by Gasteiger charge is 2.70. The normalized spacial score (nSPS) is 39.6. The topological polar surface area (TPSA) is 52.6 Å². The van der Waals surface area contributed by atoms with Crippen molar-refractivity contribution in [2.75, 3.05) is 19.6 Å². The SMILES string of the molecule is C=C(C)[C@@H]1CC[C@]2(CNCCN(C(C)C)C(C)C)CC[C@]3(C)[C@H](CC[C@@H]4[C@@]5(C)CC=C(c6ccc(C(=O)O)cc6)C(C)(C)[C@@H]5CC[C@]43C)[C@@H]12. The first-order chi connectivity index (χ1) is 22.9. The molecule has 0 aromatic heterocycles. The van der Waals surface area contributed by atoms with Gasteiger partial charge in [-0.15, -0.1) is 0 Å². The molecule has 272 valence electrons. The fourth-order valence-electron chi connectivity index (χ4n) is 14.1. The van der Waals surface area contributed by atoms with Crippen LogP contribution in [0.15, 0.2) is 42.5 Å². The summed E-state index contributed by atoms with van der Waals surface area (Å²) in [7, 11) is 0. The molecule has 1 aromatic carbocycles. The number of carboxylic acid groups (broad SMARTS) is 1. The zero-order valence-corrected chi connectivity index (χ0v) is 32.9. The summed E-state index contributed by atoms with van der Waals surface area (Å²) >= 11 is 0. The smallest absolute Gasteiger partial charge is 0.335 e. The predicted molar refractivity (Wildman–Crippen MR) is 206 cm³/mol. The van der Waals surface area contributed by atoms with E-state index in [1.807, 2.05) is 12.1 Å². The summed E-state index contributed by atoms with van der Waals surface area (Å²) in [6, 6.07) is 8.83. The van der Waals surface area contributed by atoms with Gasteiger partial charge in [0.25, 0.3) is 0 Å². The van der Waals surface area contributed by atoms with Crippen molar-refractivity contribution in [3.8, 4) is 0 Å². The van der Waals surface area contributed by atoms with Crippen molar-refractivity contribution >= 4 is 11.5 Å². The van der Waals surface area contributed by atoms with Crippen molar-refractivity contribution in [1.29, 1.82) is 0 Å². The number of allylic oxidation sites excluding steroid dienone is 3. The van der Waals surface area contributed by atoms with Gasteiger partial charge < -0.3 is 10.4 Å². The highest BCUT2D eigenvalue weighted by atomic mass is 16.4. The molecule has 2 N–H and O–H groups in total. The van der Waals surface area contributed by atoms with Gasteiger partial charge in [-0.1, -0.05) is 65.0 Å². The van der Waals surface area contributed by atoms with Crippen molar-refractivity contribution in [2.45, 2.75) is 139 Å². The van der Waals surface area contributed by atoms with E-state index in [-0.39, 0.29) is 10.8 Å². The molecule has 0 heterocycles. The number of aromatic carboxylic acids is 1. The lowest BCUT2D eigenvalue weighted by molar-refractivity contribution is -0.225. The van der Waals surface area contributed by atoms with Crippen LogP contribution < -0.4 is 5.32 Å². The number of hydrogen-bond acceptors (Lipinski definition) is 3. The number of nitrogens with one attached hydrogen (secondary N) is 1. The van der Waals surface area contributed by atoms with Crippen LogP contribution in [0.2, 0.25) is 0 Å². The van der Waals surface area contributed by atoms with Gasteiger partial charge in [-0.25, -0.2) is 4.79 Å². The van der Waals surface area contributed by atoms with Crippen molar-refractivity contribution in [3.05, 3.63) is 53.6 Å². The van der Waals surface area contributed by atoms with E-state index >= 15 is 0 Å². The maximum atomic E-state index is 11.6. The van der Waals surface area contributed by atoms with Gasteiger partial charge in [0.1, 0.15) is 0 Å². The Morgan fingerprint density at radius 3 is 2.18 bits per heavy atom. The zero-order chi connectivity index (χ0) is 35.7. The molecular weight excluding hydrogens is 601 g/mol. The maximum absolute atomic E-state index is 11.6. The van der Waals surface area contributed by atoms with Crippen LogP contribution in [0.4, 0.5) is 0 Å². The van der Waals surface area contributed by atoms with E-state index in [1.54, 1.807) is 12.1 Å². The minimum atomic E-state index is -0.852. The molecule has 0 saturated heterocycles. The molecule has 0 aliphatic heterocycles. The Labute approximate surface area is 300 Å². The fourth-order valence-corrected chi connectivity index (χ4v) is 14.1. The third-order valence-electron chi connectivity index (χ3n) is 16.6. The van der Waals surface area contributed by atoms with E-state index in [4.69, 9.17) is 0 Å². The van der Waals surface area contributed by atoms with Crippen LogP contribution in [-0.4, -0.2) is 47.7 Å². The molecule has 4 nitrogen and oxygen atoms in total. The van der Waals surface area contributed by atoms with Gasteiger partial charge in [0.15, 0.2) is 0 Å². The lowest BCUT2D eigenvalue weighted by Gasteiger charge is -2.72. The molecule has 0 spiro atoms. The van der Waals surface area contributed by atoms with Gasteiger partial charge in [0.2, 0.25) is 0 Å². The van der Waals surface area contributed by atoms with Crippen LogP contribution in [0.1, 0.15) is 143 Å². The largest absolute Gasteiger partial charge is 0.478 e. The van der Waals surface area contributed by atoms with Gasteiger partial charge in [-0.05, 0) is 172 Å². The maximum Gasteiger partial charge on any atom is 0.335 e. The Hall–Kier alpha value is -1.91. The number of fused-ring (bicyclic) bond motifs is 7. The average Bonchev–Trinajstić information content (AvgIpc) is 3.41. The standard InChI is InChI=1S/C45H70N2O2/c1-29(2)34-18-23-45(28-46-26-27-47(30(3)4)31(5)6)25-24-43(10)36(39(34)45)16-17-38-42(9)21-19-35(32-12-14-33(15-13-32)40(48)49)41(7,8)37(42)20-22-44(38,43)11/h12-15,19,30-31,34,36-39,46H,1,16-18,20-28H2,2-11H3,(H,48,49)/t34-,36+,37-,38+,39+,42-,43+,44+,45+/m0/s1. The number of rotatable bonds is 10. The molecule has 0 unspecified atom stereocenters. The molecule has 5 aliphatic rings. The summed E-state index contributed by atoms with van der Waals surface area (Å²) in [5.41, 5.74) is 5.83. The highest BCUT2D eigenvalue weighted by Crippen LogP contribution is 2.77. The van der Waals surface area contributed by atoms with Gasteiger partial charge >= 0.3 is 5.97 Å². The molecule has 0 bridgehead atoms. The molecule has 0 amide bonds. The Bertz CT molecular complexity index is 1430. The van der Waals surface area contributed by atoms with Crippen LogP contribution in [0, 0.1) is 56.7 Å².